The third-order valence-electron chi connectivity index (χ3n) is 5.41. The maximum Gasteiger partial charge on any atom is 0.340 e. The van der Waals surface area contributed by atoms with Gasteiger partial charge in [-0.3, -0.25) is 0 Å². The molecule has 4 rings (SSSR count). The maximum atomic E-state index is 13.0. The van der Waals surface area contributed by atoms with Crippen LogP contribution >= 0.6 is 11.3 Å². The van der Waals surface area contributed by atoms with E-state index in [1.54, 1.807) is 18.4 Å². The van der Waals surface area contributed by atoms with E-state index in [1.165, 1.54) is 16.9 Å². The first kappa shape index (κ1) is 19.1. The largest absolute Gasteiger partial charge is 0.460 e. The SMILES string of the molecule is COCCOC(=O)c1c(C)nc2sc3c(c2c1-c1ccccc1)CC[C@@H](C)C3. The monoisotopic (exact) mass is 395 g/mol. The van der Waals surface area contributed by atoms with Crippen molar-refractivity contribution in [2.75, 3.05) is 20.3 Å². The van der Waals surface area contributed by atoms with Crippen molar-refractivity contribution in [2.45, 2.75) is 33.1 Å². The van der Waals surface area contributed by atoms with Crippen LogP contribution in [-0.4, -0.2) is 31.3 Å². The second kappa shape index (κ2) is 8.02. The lowest BCUT2D eigenvalue weighted by Gasteiger charge is -2.19. The summed E-state index contributed by atoms with van der Waals surface area (Å²) >= 11 is 1.79. The van der Waals surface area contributed by atoms with E-state index >= 15 is 0 Å². The fourth-order valence-electron chi connectivity index (χ4n) is 4.02. The summed E-state index contributed by atoms with van der Waals surface area (Å²) in [6.45, 7) is 4.83. The molecule has 4 nitrogen and oxygen atoms in total. The van der Waals surface area contributed by atoms with Crippen molar-refractivity contribution in [3.8, 4) is 11.1 Å². The first-order valence-electron chi connectivity index (χ1n) is 9.76. The van der Waals surface area contributed by atoms with Crippen LogP contribution < -0.4 is 0 Å². The van der Waals surface area contributed by atoms with Crippen LogP contribution in [0.5, 0.6) is 0 Å². The van der Waals surface area contributed by atoms with Crippen molar-refractivity contribution in [3.63, 3.8) is 0 Å². The highest BCUT2D eigenvalue weighted by molar-refractivity contribution is 7.19. The van der Waals surface area contributed by atoms with Gasteiger partial charge in [-0.2, -0.15) is 0 Å². The fourth-order valence-corrected chi connectivity index (χ4v) is 5.46. The van der Waals surface area contributed by atoms with Crippen LogP contribution in [0.3, 0.4) is 0 Å². The van der Waals surface area contributed by atoms with Gasteiger partial charge in [0.05, 0.1) is 17.9 Å². The molecular formula is C23H25NO3S. The molecule has 28 heavy (non-hydrogen) atoms. The molecule has 0 saturated heterocycles. The third-order valence-corrected chi connectivity index (χ3v) is 6.56. The minimum Gasteiger partial charge on any atom is -0.460 e. The number of methoxy groups -OCH3 is 1. The van der Waals surface area contributed by atoms with E-state index in [2.05, 4.69) is 19.1 Å². The van der Waals surface area contributed by atoms with E-state index in [4.69, 9.17) is 14.5 Å². The van der Waals surface area contributed by atoms with E-state index in [9.17, 15) is 4.79 Å². The zero-order valence-corrected chi connectivity index (χ0v) is 17.4. The highest BCUT2D eigenvalue weighted by atomic mass is 32.1. The summed E-state index contributed by atoms with van der Waals surface area (Å²) in [6.07, 6.45) is 3.31. The molecule has 3 aromatic rings. The Kier molecular flexibility index (Phi) is 5.47. The highest BCUT2D eigenvalue weighted by Crippen LogP contribution is 2.44. The summed E-state index contributed by atoms with van der Waals surface area (Å²) in [5, 5.41) is 1.14. The Morgan fingerprint density at radius 2 is 2.04 bits per heavy atom. The quantitative estimate of drug-likeness (QED) is 0.440. The van der Waals surface area contributed by atoms with Crippen LogP contribution in [0.15, 0.2) is 30.3 Å². The van der Waals surface area contributed by atoms with Gasteiger partial charge in [-0.05, 0) is 43.2 Å². The number of hydrogen-bond acceptors (Lipinski definition) is 5. The van der Waals surface area contributed by atoms with E-state index in [-0.39, 0.29) is 12.6 Å². The minimum atomic E-state index is -0.327. The summed E-state index contributed by atoms with van der Waals surface area (Å²) in [4.78, 5) is 20.3. The minimum absolute atomic E-state index is 0.236. The molecule has 0 N–H and O–H groups in total. The molecule has 0 fully saturated rings. The summed E-state index contributed by atoms with van der Waals surface area (Å²) in [5.74, 6) is 0.368. The average Bonchev–Trinajstić information content (AvgIpc) is 3.04. The molecule has 1 aliphatic carbocycles. The molecule has 1 aliphatic rings. The number of nitrogens with zero attached hydrogens (tertiary/aromatic N) is 1. The van der Waals surface area contributed by atoms with E-state index < -0.39 is 0 Å². The Morgan fingerprint density at radius 3 is 2.79 bits per heavy atom. The lowest BCUT2D eigenvalue weighted by Crippen LogP contribution is -2.14. The molecule has 0 radical (unpaired) electrons. The van der Waals surface area contributed by atoms with Gasteiger partial charge in [0, 0.05) is 22.9 Å². The molecule has 0 bridgehead atoms. The molecule has 1 atom stereocenters. The topological polar surface area (TPSA) is 48.4 Å². The van der Waals surface area contributed by atoms with E-state index in [0.29, 0.717) is 18.1 Å². The number of carbonyl (C=O) groups is 1. The number of aryl methyl sites for hydroxylation is 2. The van der Waals surface area contributed by atoms with Gasteiger partial charge in [0.15, 0.2) is 0 Å². The van der Waals surface area contributed by atoms with E-state index in [1.807, 2.05) is 25.1 Å². The Labute approximate surface area is 169 Å². The smallest absolute Gasteiger partial charge is 0.340 e. The zero-order valence-electron chi connectivity index (χ0n) is 16.6. The second-order valence-electron chi connectivity index (χ2n) is 7.47. The summed E-state index contributed by atoms with van der Waals surface area (Å²) in [5.41, 5.74) is 4.68. The summed E-state index contributed by atoms with van der Waals surface area (Å²) in [7, 11) is 1.60. The number of pyridine rings is 1. The van der Waals surface area contributed by atoms with Crippen LogP contribution in [0.25, 0.3) is 21.3 Å². The molecule has 5 heteroatoms. The van der Waals surface area contributed by atoms with Crippen LogP contribution in [-0.2, 0) is 22.3 Å². The Morgan fingerprint density at radius 1 is 1.25 bits per heavy atom. The summed E-state index contributed by atoms with van der Waals surface area (Å²) < 4.78 is 10.5. The normalized spacial score (nSPS) is 16.2. The standard InChI is InChI=1S/C23H25NO3S/c1-14-9-10-17-18(13-14)28-22-21(17)20(16-7-5-4-6-8-16)19(15(2)24-22)23(25)27-12-11-26-3/h4-8,14H,9-13H2,1-3H3/t14-/m1/s1. The molecule has 0 spiro atoms. The van der Waals surface area contributed by atoms with Crippen LogP contribution in [0, 0.1) is 12.8 Å². The number of aromatic nitrogens is 1. The first-order valence-corrected chi connectivity index (χ1v) is 10.6. The lowest BCUT2D eigenvalue weighted by atomic mass is 9.86. The molecule has 0 aliphatic heterocycles. The number of esters is 1. The predicted octanol–water partition coefficient (Wildman–Crippen LogP) is 5.20. The van der Waals surface area contributed by atoms with Gasteiger partial charge in [0.1, 0.15) is 11.4 Å². The Bertz CT molecular complexity index is 1010. The van der Waals surface area contributed by atoms with Crippen molar-refractivity contribution in [1.29, 1.82) is 0 Å². The Balaban J connectivity index is 1.95. The number of hydrogen-bond donors (Lipinski definition) is 0. The number of carbonyl (C=O) groups excluding carboxylic acids is 1. The second-order valence-corrected chi connectivity index (χ2v) is 8.56. The predicted molar refractivity (Wildman–Crippen MR) is 113 cm³/mol. The zero-order chi connectivity index (χ0) is 19.7. The molecule has 0 amide bonds. The lowest BCUT2D eigenvalue weighted by molar-refractivity contribution is 0.0388. The van der Waals surface area contributed by atoms with Crippen molar-refractivity contribution in [1.82, 2.24) is 4.98 Å². The molecule has 1 aromatic carbocycles. The highest BCUT2D eigenvalue weighted by Gasteiger charge is 2.28. The molecule has 0 saturated carbocycles. The van der Waals surface area contributed by atoms with Gasteiger partial charge in [-0.1, -0.05) is 37.3 Å². The number of benzene rings is 1. The van der Waals surface area contributed by atoms with Crippen molar-refractivity contribution in [2.24, 2.45) is 5.92 Å². The molecule has 146 valence electrons. The van der Waals surface area contributed by atoms with Crippen molar-refractivity contribution >= 4 is 27.5 Å². The number of fused-ring (bicyclic) bond motifs is 3. The van der Waals surface area contributed by atoms with Crippen molar-refractivity contribution in [3.05, 3.63) is 52.0 Å². The molecule has 2 heterocycles. The number of thiophene rings is 1. The maximum absolute atomic E-state index is 13.0. The van der Waals surface area contributed by atoms with Gasteiger partial charge >= 0.3 is 5.97 Å². The van der Waals surface area contributed by atoms with Gasteiger partial charge in [0.2, 0.25) is 0 Å². The summed E-state index contributed by atoms with van der Waals surface area (Å²) in [6, 6.07) is 10.1. The number of ether oxygens (including phenoxy) is 2. The number of rotatable bonds is 5. The van der Waals surface area contributed by atoms with Crippen LogP contribution in [0.2, 0.25) is 0 Å². The first-order chi connectivity index (χ1) is 13.6. The van der Waals surface area contributed by atoms with Gasteiger partial charge in [0.25, 0.3) is 0 Å². The fraction of sp³-hybridized carbons (Fsp3) is 0.391. The third kappa shape index (κ3) is 3.45. The molecule has 2 aromatic heterocycles. The van der Waals surface area contributed by atoms with Gasteiger partial charge in [-0.25, -0.2) is 9.78 Å². The molecular weight excluding hydrogens is 370 g/mol. The van der Waals surface area contributed by atoms with Crippen LogP contribution in [0.4, 0.5) is 0 Å². The van der Waals surface area contributed by atoms with Crippen molar-refractivity contribution < 1.29 is 14.3 Å². The van der Waals surface area contributed by atoms with Crippen LogP contribution in [0.1, 0.15) is 39.8 Å². The average molecular weight is 396 g/mol. The van der Waals surface area contributed by atoms with Gasteiger partial charge in [-0.15, -0.1) is 11.3 Å². The van der Waals surface area contributed by atoms with E-state index in [0.717, 1.165) is 39.9 Å². The van der Waals surface area contributed by atoms with Gasteiger partial charge < -0.3 is 9.47 Å². The Hall–Kier alpha value is -2.24. The molecule has 0 unspecified atom stereocenters.